The fourth-order valence-electron chi connectivity index (χ4n) is 10.2. The maximum absolute atomic E-state index is 9.64. The van der Waals surface area contributed by atoms with Crippen LogP contribution in [0.4, 0.5) is 17.1 Å². The number of furan rings is 1. The zero-order valence-corrected chi connectivity index (χ0v) is 35.1. The van der Waals surface area contributed by atoms with Crippen molar-refractivity contribution in [1.29, 1.82) is 5.26 Å². The second-order valence-electron chi connectivity index (χ2n) is 16.8. The summed E-state index contributed by atoms with van der Waals surface area (Å²) in [6.07, 6.45) is 0. The van der Waals surface area contributed by atoms with E-state index in [0.717, 1.165) is 50.1 Å². The smallest absolute Gasteiger partial charge is 0.137 e. The standard InChI is InChI=1S/C61H37N3O/c62-38-39-21-28-45(29-22-39)63(47-32-34-51-50-15-7-10-20-58(50)65-59(51)37-47)46-30-25-41(26-31-46)43-27-33-53-55(36-43)61(64-56-18-8-5-13-48(56)49-14-6-9-19-57(49)64)54-17-4-3-16-52(54)60(53)44-24-23-40-11-1-2-12-42(40)35-44/h1-37H. The summed E-state index contributed by atoms with van der Waals surface area (Å²) in [5.74, 6) is 0. The molecule has 65 heavy (non-hydrogen) atoms. The van der Waals surface area contributed by atoms with Gasteiger partial charge in [-0.25, -0.2) is 0 Å². The molecule has 0 N–H and O–H groups in total. The van der Waals surface area contributed by atoms with Crippen LogP contribution in [0.2, 0.25) is 0 Å². The Balaban J connectivity index is 1.02. The van der Waals surface area contributed by atoms with E-state index in [2.05, 4.69) is 198 Å². The molecule has 4 nitrogen and oxygen atoms in total. The lowest BCUT2D eigenvalue weighted by molar-refractivity contribution is 0.669. The third-order valence-electron chi connectivity index (χ3n) is 13.2. The van der Waals surface area contributed by atoms with Crippen molar-refractivity contribution in [1.82, 2.24) is 4.57 Å². The fourth-order valence-corrected chi connectivity index (χ4v) is 10.2. The lowest BCUT2D eigenvalue weighted by atomic mass is 9.88. The van der Waals surface area contributed by atoms with Crippen LogP contribution >= 0.6 is 0 Å². The minimum Gasteiger partial charge on any atom is -0.456 e. The number of benzene rings is 11. The van der Waals surface area contributed by atoms with Crippen molar-refractivity contribution in [2.24, 2.45) is 0 Å². The molecule has 0 amide bonds. The monoisotopic (exact) mass is 827 g/mol. The van der Waals surface area contributed by atoms with Gasteiger partial charge in [-0.05, 0) is 123 Å². The average Bonchev–Trinajstić information content (AvgIpc) is 3.91. The van der Waals surface area contributed by atoms with Crippen molar-refractivity contribution in [3.05, 3.63) is 230 Å². The van der Waals surface area contributed by atoms with Gasteiger partial charge in [-0.1, -0.05) is 140 Å². The molecular weight excluding hydrogens is 791 g/mol. The first-order chi connectivity index (χ1) is 32.2. The van der Waals surface area contributed by atoms with Crippen LogP contribution in [-0.4, -0.2) is 4.57 Å². The van der Waals surface area contributed by atoms with E-state index in [0.29, 0.717) is 5.56 Å². The number of para-hydroxylation sites is 3. The second kappa shape index (κ2) is 14.6. The fraction of sp³-hybridized carbons (Fsp3) is 0. The topological polar surface area (TPSA) is 45.1 Å². The van der Waals surface area contributed by atoms with Gasteiger partial charge in [0.15, 0.2) is 0 Å². The van der Waals surface area contributed by atoms with E-state index < -0.39 is 0 Å². The van der Waals surface area contributed by atoms with Crippen molar-refractivity contribution >= 4 is 93.1 Å². The predicted octanol–water partition coefficient (Wildman–Crippen LogP) is 16.8. The van der Waals surface area contributed by atoms with Crippen LogP contribution in [0.15, 0.2) is 229 Å². The van der Waals surface area contributed by atoms with Crippen molar-refractivity contribution in [3.63, 3.8) is 0 Å². The van der Waals surface area contributed by atoms with E-state index in [9.17, 15) is 5.26 Å². The molecule has 0 saturated carbocycles. The highest BCUT2D eigenvalue weighted by Gasteiger charge is 2.22. The zero-order valence-electron chi connectivity index (χ0n) is 35.1. The summed E-state index contributed by atoms with van der Waals surface area (Å²) >= 11 is 0. The molecule has 0 bridgehead atoms. The van der Waals surface area contributed by atoms with E-state index >= 15 is 0 Å². The SMILES string of the molecule is N#Cc1ccc(N(c2ccc(-c3ccc4c(-c5ccc6ccccc6c5)c5ccccc5c(-n5c6ccccc6c6ccccc65)c4c3)cc2)c2ccc3c(c2)oc2ccccc23)cc1. The summed E-state index contributed by atoms with van der Waals surface area (Å²) in [7, 11) is 0. The maximum Gasteiger partial charge on any atom is 0.137 e. The Kier molecular flexibility index (Phi) is 8.24. The molecule has 302 valence electrons. The van der Waals surface area contributed by atoms with Crippen LogP contribution in [-0.2, 0) is 0 Å². The number of hydrogen-bond acceptors (Lipinski definition) is 3. The number of nitrogens with zero attached hydrogens (tertiary/aromatic N) is 3. The lowest BCUT2D eigenvalue weighted by Gasteiger charge is -2.25. The predicted molar refractivity (Wildman–Crippen MR) is 271 cm³/mol. The van der Waals surface area contributed by atoms with E-state index in [-0.39, 0.29) is 0 Å². The van der Waals surface area contributed by atoms with Crippen molar-refractivity contribution in [2.75, 3.05) is 4.90 Å². The van der Waals surface area contributed by atoms with Gasteiger partial charge < -0.3 is 13.9 Å². The molecule has 2 heterocycles. The highest BCUT2D eigenvalue weighted by Crippen LogP contribution is 2.46. The summed E-state index contributed by atoms with van der Waals surface area (Å²) in [6.45, 7) is 0. The Morgan fingerprint density at radius 3 is 1.65 bits per heavy atom. The van der Waals surface area contributed by atoms with Gasteiger partial charge in [0.05, 0.1) is 28.4 Å². The number of nitriles is 1. The van der Waals surface area contributed by atoms with E-state index in [4.69, 9.17) is 4.42 Å². The number of aromatic nitrogens is 1. The van der Waals surface area contributed by atoms with E-state index in [1.54, 1.807) is 0 Å². The highest BCUT2D eigenvalue weighted by atomic mass is 16.3. The third-order valence-corrected chi connectivity index (χ3v) is 13.2. The van der Waals surface area contributed by atoms with Crippen LogP contribution in [0.25, 0.3) is 104 Å². The van der Waals surface area contributed by atoms with Crippen LogP contribution in [0.3, 0.4) is 0 Å². The van der Waals surface area contributed by atoms with Gasteiger partial charge in [-0.2, -0.15) is 5.26 Å². The molecule has 13 aromatic rings. The first kappa shape index (κ1) is 36.7. The molecule has 13 rings (SSSR count). The molecule has 0 atom stereocenters. The van der Waals surface area contributed by atoms with Gasteiger partial charge in [0.1, 0.15) is 11.2 Å². The van der Waals surface area contributed by atoms with Crippen LogP contribution in [0.1, 0.15) is 5.56 Å². The maximum atomic E-state index is 9.64. The van der Waals surface area contributed by atoms with Crippen LogP contribution in [0.5, 0.6) is 0 Å². The number of hydrogen-bond donors (Lipinski definition) is 0. The highest BCUT2D eigenvalue weighted by molar-refractivity contribution is 6.21. The first-order valence-corrected chi connectivity index (χ1v) is 22.0. The Labute approximate surface area is 374 Å². The van der Waals surface area contributed by atoms with Crippen LogP contribution < -0.4 is 4.90 Å². The van der Waals surface area contributed by atoms with Crippen molar-refractivity contribution < 1.29 is 4.42 Å². The summed E-state index contributed by atoms with van der Waals surface area (Å²) in [4.78, 5) is 2.22. The third kappa shape index (κ3) is 5.84. The quantitative estimate of drug-likeness (QED) is 0.157. The largest absolute Gasteiger partial charge is 0.456 e. The molecule has 2 aromatic heterocycles. The number of anilines is 3. The van der Waals surface area contributed by atoms with Crippen molar-refractivity contribution in [2.45, 2.75) is 0 Å². The zero-order chi connectivity index (χ0) is 43.0. The lowest BCUT2D eigenvalue weighted by Crippen LogP contribution is -2.09. The van der Waals surface area contributed by atoms with Gasteiger partial charge in [-0.15, -0.1) is 0 Å². The Hall–Kier alpha value is -8.91. The Morgan fingerprint density at radius 1 is 0.369 bits per heavy atom. The summed E-state index contributed by atoms with van der Waals surface area (Å²) in [5, 5.41) is 21.5. The minimum absolute atomic E-state index is 0.616. The van der Waals surface area contributed by atoms with Gasteiger partial charge in [0, 0.05) is 55.4 Å². The Bertz CT molecular complexity index is 4020. The molecule has 0 aliphatic rings. The molecule has 0 fully saturated rings. The van der Waals surface area contributed by atoms with Crippen molar-refractivity contribution in [3.8, 4) is 34.0 Å². The summed E-state index contributed by atoms with van der Waals surface area (Å²) < 4.78 is 8.84. The Morgan fingerprint density at radius 2 is 0.908 bits per heavy atom. The number of rotatable bonds is 6. The van der Waals surface area contributed by atoms with E-state index in [1.165, 1.54) is 70.9 Å². The molecule has 0 radical (unpaired) electrons. The molecule has 0 aliphatic heterocycles. The van der Waals surface area contributed by atoms with Gasteiger partial charge in [0.2, 0.25) is 0 Å². The summed E-state index contributed by atoms with van der Waals surface area (Å²) in [5.41, 5.74) is 13.4. The molecule has 0 aliphatic carbocycles. The molecule has 0 saturated heterocycles. The summed E-state index contributed by atoms with van der Waals surface area (Å²) in [6, 6.07) is 82.4. The number of fused-ring (bicyclic) bond motifs is 9. The molecule has 11 aromatic carbocycles. The second-order valence-corrected chi connectivity index (χ2v) is 16.8. The van der Waals surface area contributed by atoms with Gasteiger partial charge in [-0.3, -0.25) is 0 Å². The van der Waals surface area contributed by atoms with E-state index in [1.807, 2.05) is 42.5 Å². The first-order valence-electron chi connectivity index (χ1n) is 22.0. The van der Waals surface area contributed by atoms with Gasteiger partial charge in [0.25, 0.3) is 0 Å². The molecule has 0 unspecified atom stereocenters. The normalized spacial score (nSPS) is 11.7. The molecule has 4 heteroatoms. The molecule has 0 spiro atoms. The van der Waals surface area contributed by atoms with Gasteiger partial charge >= 0.3 is 0 Å². The molecular formula is C61H37N3O. The minimum atomic E-state index is 0.616. The average molecular weight is 828 g/mol. The van der Waals surface area contributed by atoms with Crippen LogP contribution in [0, 0.1) is 11.3 Å².